The number of hydrogen-bond donors (Lipinski definition) is 2. The molecule has 1 aromatic heterocycles. The molecule has 0 spiro atoms. The van der Waals surface area contributed by atoms with E-state index in [-0.39, 0.29) is 18.1 Å². The van der Waals surface area contributed by atoms with Crippen LogP contribution in [0.5, 0.6) is 5.75 Å². The van der Waals surface area contributed by atoms with Gasteiger partial charge in [0.25, 0.3) is 0 Å². The van der Waals surface area contributed by atoms with Crippen molar-refractivity contribution in [1.82, 2.24) is 4.98 Å². The van der Waals surface area contributed by atoms with Gasteiger partial charge in [-0.15, -0.1) is 0 Å². The molecule has 3 rings (SSSR count). The molecule has 0 unspecified atom stereocenters. The van der Waals surface area contributed by atoms with E-state index in [0.29, 0.717) is 21.8 Å². The highest BCUT2D eigenvalue weighted by molar-refractivity contribution is 6.33. The standard InChI is InChI=1S/C18H16ClFN2O2/c1-10-13(14-7-11(20)3-6-16(14)21-10)9-18(23)22-17-8-12(24-2)4-5-15(17)19/h3-8,21H,9H2,1-2H3,(H,22,23). The maximum atomic E-state index is 13.5. The topological polar surface area (TPSA) is 54.1 Å². The zero-order chi connectivity index (χ0) is 17.3. The zero-order valence-corrected chi connectivity index (χ0v) is 14.0. The fraction of sp³-hybridized carbons (Fsp3) is 0.167. The van der Waals surface area contributed by atoms with Crippen LogP contribution in [0.15, 0.2) is 36.4 Å². The van der Waals surface area contributed by atoms with Crippen molar-refractivity contribution in [2.24, 2.45) is 0 Å². The molecule has 1 heterocycles. The lowest BCUT2D eigenvalue weighted by Crippen LogP contribution is -2.15. The van der Waals surface area contributed by atoms with E-state index < -0.39 is 0 Å². The van der Waals surface area contributed by atoms with E-state index in [4.69, 9.17) is 16.3 Å². The van der Waals surface area contributed by atoms with Gasteiger partial charge in [0.2, 0.25) is 5.91 Å². The summed E-state index contributed by atoms with van der Waals surface area (Å²) in [7, 11) is 1.54. The van der Waals surface area contributed by atoms with Gasteiger partial charge in [-0.25, -0.2) is 4.39 Å². The molecule has 2 aromatic carbocycles. The summed E-state index contributed by atoms with van der Waals surface area (Å²) in [5.74, 6) is 0.0254. The lowest BCUT2D eigenvalue weighted by atomic mass is 10.1. The van der Waals surface area contributed by atoms with Gasteiger partial charge in [0.1, 0.15) is 11.6 Å². The van der Waals surface area contributed by atoms with Crippen molar-refractivity contribution < 1.29 is 13.9 Å². The van der Waals surface area contributed by atoms with E-state index in [1.165, 1.54) is 12.1 Å². The molecule has 1 amide bonds. The van der Waals surface area contributed by atoms with E-state index in [9.17, 15) is 9.18 Å². The van der Waals surface area contributed by atoms with Crippen LogP contribution in [-0.2, 0) is 11.2 Å². The van der Waals surface area contributed by atoms with Crippen molar-refractivity contribution in [3.05, 3.63) is 58.5 Å². The summed E-state index contributed by atoms with van der Waals surface area (Å²) in [6, 6.07) is 9.50. The number of ether oxygens (including phenoxy) is 1. The summed E-state index contributed by atoms with van der Waals surface area (Å²) >= 11 is 6.10. The summed E-state index contributed by atoms with van der Waals surface area (Å²) < 4.78 is 18.6. The molecule has 3 aromatic rings. The van der Waals surface area contributed by atoms with Crippen LogP contribution in [0.2, 0.25) is 5.02 Å². The predicted molar refractivity (Wildman–Crippen MR) is 93.3 cm³/mol. The molecular weight excluding hydrogens is 331 g/mol. The maximum absolute atomic E-state index is 13.5. The summed E-state index contributed by atoms with van der Waals surface area (Å²) in [6.07, 6.45) is 0.114. The first kappa shape index (κ1) is 16.3. The maximum Gasteiger partial charge on any atom is 0.228 e. The van der Waals surface area contributed by atoms with Crippen molar-refractivity contribution in [3.8, 4) is 5.75 Å². The average Bonchev–Trinajstić information content (AvgIpc) is 2.85. The number of hydrogen-bond acceptors (Lipinski definition) is 2. The Morgan fingerprint density at radius 2 is 2.08 bits per heavy atom. The Balaban J connectivity index is 1.85. The number of H-pyrrole nitrogens is 1. The zero-order valence-electron chi connectivity index (χ0n) is 13.2. The number of halogens is 2. The van der Waals surface area contributed by atoms with Crippen LogP contribution in [0.4, 0.5) is 10.1 Å². The number of aromatic nitrogens is 1. The lowest BCUT2D eigenvalue weighted by Gasteiger charge is -2.09. The fourth-order valence-corrected chi connectivity index (χ4v) is 2.83. The van der Waals surface area contributed by atoms with Crippen LogP contribution < -0.4 is 10.1 Å². The van der Waals surface area contributed by atoms with Gasteiger partial charge in [0, 0.05) is 22.7 Å². The normalized spacial score (nSPS) is 10.8. The SMILES string of the molecule is COc1ccc(Cl)c(NC(=O)Cc2c(C)[nH]c3ccc(F)cc23)c1. The quantitative estimate of drug-likeness (QED) is 0.732. The van der Waals surface area contributed by atoms with Gasteiger partial charge in [-0.3, -0.25) is 4.79 Å². The molecule has 0 radical (unpaired) electrons. The number of fused-ring (bicyclic) bond motifs is 1. The molecule has 0 saturated carbocycles. The number of carbonyl (C=O) groups excluding carboxylic acids is 1. The minimum absolute atomic E-state index is 0.114. The van der Waals surface area contributed by atoms with Gasteiger partial charge >= 0.3 is 0 Å². The third-order valence-electron chi connectivity index (χ3n) is 3.87. The van der Waals surface area contributed by atoms with Crippen molar-refractivity contribution in [1.29, 1.82) is 0 Å². The molecule has 0 aliphatic carbocycles. The predicted octanol–water partition coefficient (Wildman–Crippen LogP) is 4.46. The Morgan fingerprint density at radius 1 is 1.29 bits per heavy atom. The molecule has 0 aliphatic rings. The van der Waals surface area contributed by atoms with E-state index in [1.54, 1.807) is 31.4 Å². The minimum atomic E-state index is -0.334. The molecule has 0 fully saturated rings. The number of methoxy groups -OCH3 is 1. The number of carbonyl (C=O) groups is 1. The molecule has 0 saturated heterocycles. The molecular formula is C18H16ClFN2O2. The van der Waals surface area contributed by atoms with Crippen LogP contribution in [-0.4, -0.2) is 18.0 Å². The monoisotopic (exact) mass is 346 g/mol. The summed E-state index contributed by atoms with van der Waals surface area (Å²) in [6.45, 7) is 1.86. The van der Waals surface area contributed by atoms with Gasteiger partial charge in [-0.05, 0) is 42.8 Å². The number of aryl methyl sites for hydroxylation is 1. The fourth-order valence-electron chi connectivity index (χ4n) is 2.66. The van der Waals surface area contributed by atoms with Gasteiger partial charge in [0.15, 0.2) is 0 Å². The summed E-state index contributed by atoms with van der Waals surface area (Å²) in [5.41, 5.74) is 2.88. The number of aromatic amines is 1. The second kappa shape index (κ2) is 6.53. The Labute approximate surface area is 143 Å². The van der Waals surface area contributed by atoms with Crippen molar-refractivity contribution in [3.63, 3.8) is 0 Å². The Bertz CT molecular complexity index is 921. The van der Waals surface area contributed by atoms with Crippen LogP contribution >= 0.6 is 11.6 Å². The number of anilines is 1. The number of rotatable bonds is 4. The second-order valence-corrected chi connectivity index (χ2v) is 5.90. The highest BCUT2D eigenvalue weighted by Crippen LogP contribution is 2.28. The van der Waals surface area contributed by atoms with E-state index in [1.807, 2.05) is 6.92 Å². The largest absolute Gasteiger partial charge is 0.497 e. The number of benzene rings is 2. The highest BCUT2D eigenvalue weighted by Gasteiger charge is 2.14. The molecule has 24 heavy (non-hydrogen) atoms. The summed E-state index contributed by atoms with van der Waals surface area (Å²) in [5, 5.41) is 3.90. The van der Waals surface area contributed by atoms with Gasteiger partial charge in [-0.2, -0.15) is 0 Å². The summed E-state index contributed by atoms with van der Waals surface area (Å²) in [4.78, 5) is 15.6. The third kappa shape index (κ3) is 3.21. The van der Waals surface area contributed by atoms with Crippen LogP contribution in [0.25, 0.3) is 10.9 Å². The lowest BCUT2D eigenvalue weighted by molar-refractivity contribution is -0.115. The second-order valence-electron chi connectivity index (χ2n) is 5.49. The van der Waals surface area contributed by atoms with Crippen molar-refractivity contribution >= 4 is 34.1 Å². The molecule has 6 heteroatoms. The smallest absolute Gasteiger partial charge is 0.228 e. The van der Waals surface area contributed by atoms with Crippen LogP contribution in [0, 0.1) is 12.7 Å². The number of nitrogens with one attached hydrogen (secondary N) is 2. The Kier molecular flexibility index (Phi) is 4.44. The molecule has 124 valence electrons. The highest BCUT2D eigenvalue weighted by atomic mass is 35.5. The molecule has 2 N–H and O–H groups in total. The first-order chi connectivity index (χ1) is 11.5. The van der Waals surface area contributed by atoms with Crippen molar-refractivity contribution in [2.75, 3.05) is 12.4 Å². The third-order valence-corrected chi connectivity index (χ3v) is 4.20. The van der Waals surface area contributed by atoms with Gasteiger partial charge < -0.3 is 15.0 Å². The van der Waals surface area contributed by atoms with E-state index in [2.05, 4.69) is 10.3 Å². The first-order valence-corrected chi connectivity index (χ1v) is 7.76. The molecule has 4 nitrogen and oxygen atoms in total. The van der Waals surface area contributed by atoms with Gasteiger partial charge in [0.05, 0.1) is 24.2 Å². The van der Waals surface area contributed by atoms with Crippen LogP contribution in [0.1, 0.15) is 11.3 Å². The first-order valence-electron chi connectivity index (χ1n) is 7.38. The Morgan fingerprint density at radius 3 is 2.83 bits per heavy atom. The molecule has 0 bridgehead atoms. The average molecular weight is 347 g/mol. The number of amides is 1. The van der Waals surface area contributed by atoms with Crippen molar-refractivity contribution in [2.45, 2.75) is 13.3 Å². The molecule has 0 atom stereocenters. The van der Waals surface area contributed by atoms with E-state index in [0.717, 1.165) is 16.8 Å². The minimum Gasteiger partial charge on any atom is -0.497 e. The Hall–Kier alpha value is -2.53. The van der Waals surface area contributed by atoms with Gasteiger partial charge in [-0.1, -0.05) is 11.6 Å². The van der Waals surface area contributed by atoms with E-state index >= 15 is 0 Å². The molecule has 0 aliphatic heterocycles. The van der Waals surface area contributed by atoms with Crippen LogP contribution in [0.3, 0.4) is 0 Å².